The summed E-state index contributed by atoms with van der Waals surface area (Å²) in [6.07, 6.45) is 8.14. The van der Waals surface area contributed by atoms with Crippen molar-refractivity contribution in [2.24, 2.45) is 7.05 Å². The van der Waals surface area contributed by atoms with Gasteiger partial charge in [0.25, 0.3) is 0 Å². The molecule has 4 heterocycles. The smallest absolute Gasteiger partial charge is 0.387 e. The largest absolute Gasteiger partial charge is 0.433 e. The van der Waals surface area contributed by atoms with Gasteiger partial charge in [0.05, 0.1) is 33.8 Å². The molecule has 12 heteroatoms. The van der Waals surface area contributed by atoms with Gasteiger partial charge in [0.15, 0.2) is 5.75 Å². The first-order valence-corrected chi connectivity index (χ1v) is 13.2. The number of halogens is 2. The number of carbonyl (C=O) groups excluding carboxylic acids is 1. The zero-order valence-electron chi connectivity index (χ0n) is 23.1. The Bertz CT molecular complexity index is 1560. The van der Waals surface area contributed by atoms with Crippen molar-refractivity contribution in [3.63, 3.8) is 0 Å². The normalized spacial score (nSPS) is 14.1. The summed E-state index contributed by atoms with van der Waals surface area (Å²) in [4.78, 5) is 30.0. The highest BCUT2D eigenvalue weighted by Crippen LogP contribution is 2.40. The molecule has 10 nitrogen and oxygen atoms in total. The van der Waals surface area contributed by atoms with Gasteiger partial charge in [-0.3, -0.25) is 9.78 Å². The molecule has 0 radical (unpaired) electrons. The average molecular weight is 563 g/mol. The van der Waals surface area contributed by atoms with Crippen molar-refractivity contribution < 1.29 is 18.3 Å². The first-order valence-electron chi connectivity index (χ1n) is 13.2. The maximum absolute atomic E-state index is 13.6. The second-order valence-corrected chi connectivity index (χ2v) is 10.0. The Morgan fingerprint density at radius 2 is 1.95 bits per heavy atom. The lowest BCUT2D eigenvalue weighted by Crippen LogP contribution is -2.42. The number of rotatable bonds is 9. The molecule has 1 saturated heterocycles. The van der Waals surface area contributed by atoms with Crippen molar-refractivity contribution in [3.05, 3.63) is 61.6 Å². The third-order valence-corrected chi connectivity index (χ3v) is 7.21. The van der Waals surface area contributed by atoms with Gasteiger partial charge in [0, 0.05) is 56.4 Å². The summed E-state index contributed by atoms with van der Waals surface area (Å²) in [6, 6.07) is 9.06. The van der Waals surface area contributed by atoms with E-state index in [1.54, 1.807) is 24.5 Å². The molecular weight excluding hydrogens is 530 g/mol. The van der Waals surface area contributed by atoms with E-state index in [4.69, 9.17) is 4.74 Å². The van der Waals surface area contributed by atoms with E-state index >= 15 is 0 Å². The molecule has 0 atom stereocenters. The summed E-state index contributed by atoms with van der Waals surface area (Å²) >= 11 is 0. The van der Waals surface area contributed by atoms with Gasteiger partial charge >= 0.3 is 6.61 Å². The Balaban J connectivity index is 1.52. The number of aryl methyl sites for hydroxylation is 1. The van der Waals surface area contributed by atoms with Crippen molar-refractivity contribution in [1.29, 1.82) is 0 Å². The molecule has 0 bridgehead atoms. The summed E-state index contributed by atoms with van der Waals surface area (Å²) in [7, 11) is 6.00. The van der Waals surface area contributed by atoms with Crippen LogP contribution in [0.4, 0.5) is 31.8 Å². The Kier molecular flexibility index (Phi) is 8.11. The van der Waals surface area contributed by atoms with E-state index in [1.807, 2.05) is 44.0 Å². The minimum absolute atomic E-state index is 0.0952. The molecule has 0 unspecified atom stereocenters. The topological polar surface area (TPSA) is 100 Å². The van der Waals surface area contributed by atoms with Gasteiger partial charge in [-0.05, 0) is 57.3 Å². The lowest BCUT2D eigenvalue weighted by atomic mass is 10.0. The van der Waals surface area contributed by atoms with Gasteiger partial charge < -0.3 is 29.7 Å². The second-order valence-electron chi connectivity index (χ2n) is 10.0. The fourth-order valence-electron chi connectivity index (χ4n) is 5.12. The molecule has 4 aromatic rings. The minimum atomic E-state index is -3.06. The van der Waals surface area contributed by atoms with Crippen LogP contribution in [0.2, 0.25) is 0 Å². The number of alkyl halides is 2. The molecule has 3 aromatic heterocycles. The molecule has 1 aliphatic heterocycles. The van der Waals surface area contributed by atoms with Gasteiger partial charge in [-0.1, -0.05) is 6.58 Å². The third kappa shape index (κ3) is 6.12. The van der Waals surface area contributed by atoms with Gasteiger partial charge in [-0.15, -0.1) is 0 Å². The molecule has 5 rings (SSSR count). The number of carbonyl (C=O) groups is 1. The number of ether oxygens (including phenoxy) is 1. The summed E-state index contributed by atoms with van der Waals surface area (Å²) in [5.74, 6) is -0.359. The zero-order chi connectivity index (χ0) is 29.1. The number of hydrogen-bond donors (Lipinski definition) is 2. The molecule has 0 saturated carbocycles. The number of piperidine rings is 1. The van der Waals surface area contributed by atoms with Crippen molar-refractivity contribution in [1.82, 2.24) is 24.4 Å². The number of hydrogen-bond acceptors (Lipinski definition) is 8. The fraction of sp³-hybridized carbons (Fsp3) is 0.310. The number of nitrogens with one attached hydrogen (secondary N) is 2. The fourth-order valence-corrected chi connectivity index (χ4v) is 5.12. The van der Waals surface area contributed by atoms with Crippen LogP contribution in [-0.2, 0) is 11.8 Å². The van der Waals surface area contributed by atoms with E-state index in [2.05, 4.69) is 42.0 Å². The average Bonchev–Trinajstić information content (AvgIpc) is 3.30. The standard InChI is InChI=1S/C29H32F2N8O2/c1-5-26(40)34-21-15-22(25(41-28(30)31)16-24(21)39-13-9-18(10-14-39)37(2)3)36-29-33-12-8-20(35-29)19-17-38(4)23-7-6-11-32-27(19)23/h5-8,11-12,15-18,28H,1,9-10,13-14H2,2-4H3,(H,34,40)(H,33,35,36). The highest BCUT2D eigenvalue weighted by Gasteiger charge is 2.25. The Labute approximate surface area is 236 Å². The van der Waals surface area contributed by atoms with Crippen LogP contribution in [0.3, 0.4) is 0 Å². The quantitative estimate of drug-likeness (QED) is 0.274. The molecule has 41 heavy (non-hydrogen) atoms. The molecular formula is C29H32F2N8O2. The Hall–Kier alpha value is -4.58. The van der Waals surface area contributed by atoms with E-state index in [0.717, 1.165) is 35.5 Å². The van der Waals surface area contributed by atoms with Gasteiger partial charge in [0.2, 0.25) is 11.9 Å². The summed E-state index contributed by atoms with van der Waals surface area (Å²) in [6.45, 7) is 1.85. The second kappa shape index (κ2) is 11.9. The van der Waals surface area contributed by atoms with E-state index in [-0.39, 0.29) is 17.4 Å². The van der Waals surface area contributed by atoms with Crippen LogP contribution in [-0.4, -0.2) is 70.2 Å². The van der Waals surface area contributed by atoms with E-state index in [0.29, 0.717) is 36.2 Å². The predicted octanol–water partition coefficient (Wildman–Crippen LogP) is 5.03. The van der Waals surface area contributed by atoms with Gasteiger partial charge in [0.1, 0.15) is 0 Å². The first kappa shape index (κ1) is 28.0. The first-order chi connectivity index (χ1) is 19.7. The molecule has 0 aliphatic carbocycles. The van der Waals surface area contributed by atoms with Gasteiger partial charge in [-0.2, -0.15) is 8.78 Å². The third-order valence-electron chi connectivity index (χ3n) is 7.21. The van der Waals surface area contributed by atoms with Crippen LogP contribution >= 0.6 is 0 Å². The number of benzene rings is 1. The number of anilines is 4. The number of nitrogens with zero attached hydrogens (tertiary/aromatic N) is 6. The lowest BCUT2D eigenvalue weighted by Gasteiger charge is -2.37. The summed E-state index contributed by atoms with van der Waals surface area (Å²) < 4.78 is 34.0. The lowest BCUT2D eigenvalue weighted by molar-refractivity contribution is -0.111. The maximum atomic E-state index is 13.6. The van der Waals surface area contributed by atoms with Crippen LogP contribution in [0.1, 0.15) is 12.8 Å². The molecule has 214 valence electrons. The summed E-state index contributed by atoms with van der Waals surface area (Å²) in [5.41, 5.74) is 4.29. The highest BCUT2D eigenvalue weighted by molar-refractivity contribution is 6.02. The number of pyridine rings is 1. The van der Waals surface area contributed by atoms with Crippen molar-refractivity contribution in [2.45, 2.75) is 25.5 Å². The number of aromatic nitrogens is 4. The molecule has 1 fully saturated rings. The van der Waals surface area contributed by atoms with Crippen molar-refractivity contribution >= 4 is 40.0 Å². The monoisotopic (exact) mass is 562 g/mol. The Morgan fingerprint density at radius 1 is 1.17 bits per heavy atom. The number of fused-ring (bicyclic) bond motifs is 1. The van der Waals surface area contributed by atoms with Crippen LogP contribution in [0, 0.1) is 0 Å². The molecule has 1 aliphatic rings. The van der Waals surface area contributed by atoms with Crippen LogP contribution in [0.25, 0.3) is 22.3 Å². The van der Waals surface area contributed by atoms with Gasteiger partial charge in [-0.25, -0.2) is 9.97 Å². The molecule has 1 amide bonds. The predicted molar refractivity (Wildman–Crippen MR) is 156 cm³/mol. The minimum Gasteiger partial charge on any atom is -0.433 e. The zero-order valence-corrected chi connectivity index (χ0v) is 23.1. The van der Waals surface area contributed by atoms with E-state index < -0.39 is 12.5 Å². The van der Waals surface area contributed by atoms with Crippen LogP contribution < -0.4 is 20.3 Å². The van der Waals surface area contributed by atoms with Crippen molar-refractivity contribution in [3.8, 4) is 17.0 Å². The maximum Gasteiger partial charge on any atom is 0.387 e. The Morgan fingerprint density at radius 3 is 2.66 bits per heavy atom. The number of amides is 1. The van der Waals surface area contributed by atoms with E-state index in [9.17, 15) is 13.6 Å². The molecule has 2 N–H and O–H groups in total. The SMILES string of the molecule is C=CC(=O)Nc1cc(Nc2nccc(-c3cn(C)c4cccnc34)n2)c(OC(F)F)cc1N1CCC(N(C)C)CC1. The van der Waals surface area contributed by atoms with Crippen LogP contribution in [0.15, 0.2) is 61.6 Å². The molecule has 0 spiro atoms. The van der Waals surface area contributed by atoms with Crippen molar-refractivity contribution in [2.75, 3.05) is 42.7 Å². The highest BCUT2D eigenvalue weighted by atomic mass is 19.3. The molecule has 1 aromatic carbocycles. The van der Waals surface area contributed by atoms with Crippen LogP contribution in [0.5, 0.6) is 5.75 Å². The van der Waals surface area contributed by atoms with E-state index in [1.165, 1.54) is 6.07 Å². The summed E-state index contributed by atoms with van der Waals surface area (Å²) in [5, 5.41) is 5.83.